The molecule has 0 radical (unpaired) electrons. The summed E-state index contributed by atoms with van der Waals surface area (Å²) in [6, 6.07) is 21.3. The van der Waals surface area contributed by atoms with Crippen LogP contribution in [-0.4, -0.2) is 7.11 Å². The first-order valence-corrected chi connectivity index (χ1v) is 12.9. The molecule has 4 N–H and O–H groups in total. The number of ether oxygens (including phenoxy) is 2. The molecule has 33 heavy (non-hydrogen) atoms. The van der Waals surface area contributed by atoms with E-state index in [4.69, 9.17) is 20.9 Å². The van der Waals surface area contributed by atoms with Gasteiger partial charge in [0.25, 0.3) is 0 Å². The number of halogens is 4. The summed E-state index contributed by atoms with van der Waals surface area (Å²) in [5, 5.41) is 0. The molecule has 0 spiro atoms. The van der Waals surface area contributed by atoms with Crippen molar-refractivity contribution in [2.24, 2.45) is 0 Å². The average Bonchev–Trinajstić information content (AvgIpc) is 2.80. The Morgan fingerprint density at radius 3 is 2.06 bits per heavy atom. The highest BCUT2D eigenvalue weighted by molar-refractivity contribution is 9.28. The van der Waals surface area contributed by atoms with E-state index in [0.717, 1.165) is 34.7 Å². The number of methoxy groups -OCH3 is 1. The number of rotatable bonds is 6. The molecule has 0 aromatic heterocycles. The third kappa shape index (κ3) is 8.52. The van der Waals surface area contributed by atoms with Crippen molar-refractivity contribution in [1.29, 1.82) is 0 Å². The summed E-state index contributed by atoms with van der Waals surface area (Å²) in [7, 11) is 1.61. The predicted molar refractivity (Wildman–Crippen MR) is 155 cm³/mol. The van der Waals surface area contributed by atoms with Gasteiger partial charge in [0.2, 0.25) is 0 Å². The Labute approximate surface area is 228 Å². The minimum Gasteiger partial charge on any atom is -0.493 e. The fraction of sp³-hybridized carbons (Fsp3) is 0.120. The molecular formula is C25H24Br4N2O2. The molecule has 3 aromatic rings. The molecule has 0 unspecified atom stereocenters. The fourth-order valence-electron chi connectivity index (χ4n) is 2.83. The van der Waals surface area contributed by atoms with Crippen molar-refractivity contribution in [3.05, 3.63) is 90.2 Å². The highest BCUT2D eigenvalue weighted by Gasteiger charge is 2.13. The first-order chi connectivity index (χ1) is 15.7. The zero-order valence-electron chi connectivity index (χ0n) is 18.1. The van der Waals surface area contributed by atoms with Gasteiger partial charge in [-0.15, -0.1) is 0 Å². The lowest BCUT2D eigenvalue weighted by Gasteiger charge is -2.15. The van der Waals surface area contributed by atoms with Crippen LogP contribution in [0.4, 0.5) is 11.4 Å². The second-order valence-electron chi connectivity index (χ2n) is 6.78. The maximum atomic E-state index is 6.04. The van der Waals surface area contributed by atoms with Crippen LogP contribution in [0.1, 0.15) is 23.6 Å². The molecule has 0 fully saturated rings. The van der Waals surface area contributed by atoms with Crippen LogP contribution in [0.25, 0.3) is 11.6 Å². The van der Waals surface area contributed by atoms with Crippen LogP contribution >= 0.6 is 63.7 Å². The fourth-order valence-corrected chi connectivity index (χ4v) is 3.72. The smallest absolute Gasteiger partial charge is 0.170 e. The standard InChI is InChI=1S/C16H15Br2NO2.C9H9Br2N/c1-20-14-8-7-13(19)12(9-15(17)18)16(14)21-10-11-5-3-2-4-6-11;1-6(9(10)11)7-4-2-3-5-8(7)12/h2-9H,10,19H2,1H3;2-5H,12H2,1H3. The van der Waals surface area contributed by atoms with E-state index < -0.39 is 0 Å². The Kier molecular flexibility index (Phi) is 11.5. The molecule has 0 aliphatic carbocycles. The van der Waals surface area contributed by atoms with Gasteiger partial charge in [0.05, 0.1) is 13.9 Å². The van der Waals surface area contributed by atoms with Crippen LogP contribution in [0, 0.1) is 0 Å². The van der Waals surface area contributed by atoms with Gasteiger partial charge in [0.1, 0.15) is 6.61 Å². The Balaban J connectivity index is 0.000000273. The lowest BCUT2D eigenvalue weighted by atomic mass is 10.1. The molecule has 3 rings (SSSR count). The Morgan fingerprint density at radius 1 is 0.848 bits per heavy atom. The van der Waals surface area contributed by atoms with Gasteiger partial charge in [-0.3, -0.25) is 0 Å². The molecule has 0 saturated heterocycles. The average molecular weight is 704 g/mol. The van der Waals surface area contributed by atoms with Crippen molar-refractivity contribution >= 4 is 86.7 Å². The normalized spacial score (nSPS) is 9.88. The van der Waals surface area contributed by atoms with Crippen molar-refractivity contribution in [2.75, 3.05) is 18.6 Å². The largest absolute Gasteiger partial charge is 0.493 e. The number of anilines is 2. The van der Waals surface area contributed by atoms with E-state index in [1.54, 1.807) is 19.2 Å². The molecule has 4 nitrogen and oxygen atoms in total. The lowest BCUT2D eigenvalue weighted by Crippen LogP contribution is -2.01. The topological polar surface area (TPSA) is 70.5 Å². The minimum atomic E-state index is 0.446. The van der Waals surface area contributed by atoms with E-state index in [1.165, 1.54) is 0 Å². The quantitative estimate of drug-likeness (QED) is 0.252. The van der Waals surface area contributed by atoms with E-state index in [9.17, 15) is 0 Å². The van der Waals surface area contributed by atoms with Gasteiger partial charge < -0.3 is 20.9 Å². The first kappa shape index (κ1) is 27.5. The van der Waals surface area contributed by atoms with Gasteiger partial charge in [0, 0.05) is 22.5 Å². The molecule has 174 valence electrons. The van der Waals surface area contributed by atoms with Crippen LogP contribution in [0.5, 0.6) is 11.5 Å². The molecule has 0 aliphatic rings. The van der Waals surface area contributed by atoms with Crippen molar-refractivity contribution in [3.8, 4) is 11.5 Å². The van der Waals surface area contributed by atoms with E-state index in [2.05, 4.69) is 63.7 Å². The molecule has 8 heteroatoms. The van der Waals surface area contributed by atoms with Crippen LogP contribution in [-0.2, 0) is 6.61 Å². The lowest BCUT2D eigenvalue weighted by molar-refractivity contribution is 0.284. The van der Waals surface area contributed by atoms with Gasteiger partial charge in [-0.25, -0.2) is 0 Å². The van der Waals surface area contributed by atoms with E-state index in [1.807, 2.05) is 67.6 Å². The molecule has 0 amide bonds. The number of allylic oxidation sites excluding steroid dienone is 1. The highest BCUT2D eigenvalue weighted by Crippen LogP contribution is 2.38. The number of para-hydroxylation sites is 1. The molecule has 0 atom stereocenters. The minimum absolute atomic E-state index is 0.446. The zero-order valence-corrected chi connectivity index (χ0v) is 24.5. The molecular weight excluding hydrogens is 680 g/mol. The Hall–Kier alpha value is -1.74. The Morgan fingerprint density at radius 2 is 1.48 bits per heavy atom. The van der Waals surface area contributed by atoms with Crippen LogP contribution in [0.3, 0.4) is 0 Å². The summed E-state index contributed by atoms with van der Waals surface area (Å²) in [4.78, 5) is 0. The number of benzene rings is 3. The van der Waals surface area contributed by atoms with Gasteiger partial charge >= 0.3 is 0 Å². The van der Waals surface area contributed by atoms with Crippen molar-refractivity contribution < 1.29 is 9.47 Å². The predicted octanol–water partition coefficient (Wildman–Crippen LogP) is 8.69. The van der Waals surface area contributed by atoms with E-state index in [0.29, 0.717) is 23.8 Å². The number of nitrogens with two attached hydrogens (primary N) is 2. The van der Waals surface area contributed by atoms with Gasteiger partial charge in [-0.05, 0) is 106 Å². The summed E-state index contributed by atoms with van der Waals surface area (Å²) in [5.41, 5.74) is 17.3. The number of nitrogen functional groups attached to an aromatic ring is 2. The van der Waals surface area contributed by atoms with Gasteiger partial charge in [-0.1, -0.05) is 48.5 Å². The Bertz CT molecular complexity index is 1120. The molecule has 0 bridgehead atoms. The first-order valence-electron chi connectivity index (χ1n) is 9.77. The summed E-state index contributed by atoms with van der Waals surface area (Å²) in [6.45, 7) is 2.45. The molecule has 0 saturated carbocycles. The van der Waals surface area contributed by atoms with Crippen LogP contribution in [0.2, 0.25) is 0 Å². The van der Waals surface area contributed by atoms with Crippen LogP contribution in [0.15, 0.2) is 73.5 Å². The maximum Gasteiger partial charge on any atom is 0.170 e. The summed E-state index contributed by atoms with van der Waals surface area (Å²) in [6.07, 6.45) is 1.85. The second-order valence-corrected chi connectivity index (χ2v) is 12.2. The zero-order chi connectivity index (χ0) is 24.4. The highest BCUT2D eigenvalue weighted by atomic mass is 79.9. The van der Waals surface area contributed by atoms with Gasteiger partial charge in [-0.2, -0.15) is 0 Å². The van der Waals surface area contributed by atoms with Crippen molar-refractivity contribution in [1.82, 2.24) is 0 Å². The van der Waals surface area contributed by atoms with Gasteiger partial charge in [0.15, 0.2) is 11.5 Å². The summed E-state index contributed by atoms with van der Waals surface area (Å²) >= 11 is 13.4. The second kappa shape index (κ2) is 13.8. The van der Waals surface area contributed by atoms with Crippen LogP contribution < -0.4 is 20.9 Å². The monoisotopic (exact) mass is 700 g/mol. The number of hydrogen-bond donors (Lipinski definition) is 2. The van der Waals surface area contributed by atoms with E-state index >= 15 is 0 Å². The number of hydrogen-bond acceptors (Lipinski definition) is 4. The third-order valence-electron chi connectivity index (χ3n) is 4.54. The maximum absolute atomic E-state index is 6.04. The third-order valence-corrected chi connectivity index (χ3v) is 6.19. The summed E-state index contributed by atoms with van der Waals surface area (Å²) in [5.74, 6) is 1.27. The summed E-state index contributed by atoms with van der Waals surface area (Å²) < 4.78 is 13.0. The molecule has 0 aliphatic heterocycles. The van der Waals surface area contributed by atoms with Crippen molar-refractivity contribution in [3.63, 3.8) is 0 Å². The molecule has 0 heterocycles. The van der Waals surface area contributed by atoms with Crippen molar-refractivity contribution in [2.45, 2.75) is 13.5 Å². The molecule has 3 aromatic carbocycles. The van der Waals surface area contributed by atoms with E-state index in [-0.39, 0.29) is 0 Å². The SMILES string of the molecule is CC(=C(Br)Br)c1ccccc1N.COc1ccc(N)c(C=C(Br)Br)c1OCc1ccccc1.